The fourth-order valence-electron chi connectivity index (χ4n) is 2.38. The van der Waals surface area contributed by atoms with Crippen molar-refractivity contribution in [2.45, 2.75) is 25.3 Å². The van der Waals surface area contributed by atoms with Crippen molar-refractivity contribution in [3.8, 4) is 5.75 Å². The molecule has 0 aromatic heterocycles. The summed E-state index contributed by atoms with van der Waals surface area (Å²) in [4.78, 5) is 2.32. The number of ether oxygens (including phenoxy) is 1. The molecule has 20 heavy (non-hydrogen) atoms. The van der Waals surface area contributed by atoms with E-state index in [-0.39, 0.29) is 5.84 Å². The molecular weight excluding hydrogens is 278 g/mol. The summed E-state index contributed by atoms with van der Waals surface area (Å²) in [5.41, 5.74) is 6.09. The van der Waals surface area contributed by atoms with Crippen LogP contribution >= 0.6 is 11.6 Å². The summed E-state index contributed by atoms with van der Waals surface area (Å²) in [5, 5.41) is 12.0. The van der Waals surface area contributed by atoms with Gasteiger partial charge in [-0.15, -0.1) is 0 Å². The first-order chi connectivity index (χ1) is 9.61. The summed E-state index contributed by atoms with van der Waals surface area (Å²) >= 11 is 6.15. The number of oxime groups is 1. The highest BCUT2D eigenvalue weighted by atomic mass is 35.5. The SMILES string of the molecule is CN1CCCCC1COc1ccc(C(N)=NO)cc1Cl. The molecule has 1 aliphatic rings. The molecule has 1 aliphatic heterocycles. The highest BCUT2D eigenvalue weighted by Crippen LogP contribution is 2.26. The zero-order chi connectivity index (χ0) is 14.5. The van der Waals surface area contributed by atoms with Crippen LogP contribution in [0.4, 0.5) is 0 Å². The Morgan fingerprint density at radius 2 is 2.35 bits per heavy atom. The molecule has 1 fully saturated rings. The molecule has 0 amide bonds. The Balaban J connectivity index is 1.99. The molecule has 3 N–H and O–H groups in total. The van der Waals surface area contributed by atoms with E-state index < -0.39 is 0 Å². The van der Waals surface area contributed by atoms with Gasteiger partial charge in [-0.05, 0) is 44.6 Å². The molecule has 0 spiro atoms. The number of amidine groups is 1. The van der Waals surface area contributed by atoms with E-state index in [0.29, 0.717) is 29.0 Å². The van der Waals surface area contributed by atoms with E-state index in [2.05, 4.69) is 17.1 Å². The number of rotatable bonds is 4. The molecule has 0 bridgehead atoms. The summed E-state index contributed by atoms with van der Waals surface area (Å²) in [7, 11) is 2.12. The normalized spacial score (nSPS) is 20.9. The fourth-order valence-corrected chi connectivity index (χ4v) is 2.61. The van der Waals surface area contributed by atoms with Crippen molar-refractivity contribution in [3.05, 3.63) is 28.8 Å². The highest BCUT2D eigenvalue weighted by Gasteiger charge is 2.19. The Kier molecular flexibility index (Phi) is 5.09. The van der Waals surface area contributed by atoms with Crippen molar-refractivity contribution in [2.75, 3.05) is 20.2 Å². The molecule has 5 nitrogen and oxygen atoms in total. The lowest BCUT2D eigenvalue weighted by atomic mass is 10.0. The van der Waals surface area contributed by atoms with Crippen LogP contribution in [0.3, 0.4) is 0 Å². The van der Waals surface area contributed by atoms with E-state index in [4.69, 9.17) is 27.3 Å². The van der Waals surface area contributed by atoms with Crippen LogP contribution < -0.4 is 10.5 Å². The number of likely N-dealkylation sites (tertiary alicyclic amines) is 1. The number of likely N-dealkylation sites (N-methyl/N-ethyl adjacent to an activating group) is 1. The van der Waals surface area contributed by atoms with Gasteiger partial charge in [-0.1, -0.05) is 23.2 Å². The molecule has 1 unspecified atom stereocenters. The van der Waals surface area contributed by atoms with Gasteiger partial charge in [-0.3, -0.25) is 0 Å². The maximum Gasteiger partial charge on any atom is 0.170 e. The smallest absolute Gasteiger partial charge is 0.170 e. The minimum atomic E-state index is 0.0328. The zero-order valence-electron chi connectivity index (χ0n) is 11.6. The second-order valence-electron chi connectivity index (χ2n) is 5.07. The third-order valence-electron chi connectivity index (χ3n) is 3.69. The van der Waals surface area contributed by atoms with E-state index in [9.17, 15) is 0 Å². The Bertz CT molecular complexity index is 493. The monoisotopic (exact) mass is 297 g/mol. The molecule has 0 saturated carbocycles. The van der Waals surface area contributed by atoms with E-state index >= 15 is 0 Å². The third-order valence-corrected chi connectivity index (χ3v) is 3.98. The molecule has 1 saturated heterocycles. The molecular formula is C14H20ClN3O2. The molecule has 2 rings (SSSR count). The van der Waals surface area contributed by atoms with Gasteiger partial charge in [0.1, 0.15) is 12.4 Å². The summed E-state index contributed by atoms with van der Waals surface area (Å²) in [5.74, 6) is 0.658. The topological polar surface area (TPSA) is 71.1 Å². The second kappa shape index (κ2) is 6.81. The van der Waals surface area contributed by atoms with Crippen LogP contribution in [0.1, 0.15) is 24.8 Å². The Morgan fingerprint density at radius 1 is 1.55 bits per heavy atom. The fraction of sp³-hybridized carbons (Fsp3) is 0.500. The highest BCUT2D eigenvalue weighted by molar-refractivity contribution is 6.32. The van der Waals surface area contributed by atoms with Crippen molar-refractivity contribution >= 4 is 17.4 Å². The number of hydrogen-bond acceptors (Lipinski definition) is 4. The summed E-state index contributed by atoms with van der Waals surface area (Å²) in [6.45, 7) is 1.74. The first-order valence-corrected chi connectivity index (χ1v) is 7.10. The Labute approximate surface area is 124 Å². The zero-order valence-corrected chi connectivity index (χ0v) is 12.3. The molecule has 1 heterocycles. The largest absolute Gasteiger partial charge is 0.490 e. The van der Waals surface area contributed by atoms with E-state index in [1.54, 1.807) is 18.2 Å². The van der Waals surface area contributed by atoms with E-state index in [1.165, 1.54) is 12.8 Å². The minimum Gasteiger partial charge on any atom is -0.490 e. The van der Waals surface area contributed by atoms with Gasteiger partial charge >= 0.3 is 0 Å². The van der Waals surface area contributed by atoms with Gasteiger partial charge in [0.2, 0.25) is 0 Å². The van der Waals surface area contributed by atoms with Gasteiger partial charge in [0.25, 0.3) is 0 Å². The predicted molar refractivity (Wildman–Crippen MR) is 79.7 cm³/mol. The lowest BCUT2D eigenvalue weighted by Crippen LogP contribution is -2.40. The number of nitrogens with two attached hydrogens (primary N) is 1. The van der Waals surface area contributed by atoms with Crippen LogP contribution in [-0.4, -0.2) is 42.2 Å². The first-order valence-electron chi connectivity index (χ1n) is 6.72. The molecule has 0 aliphatic carbocycles. The van der Waals surface area contributed by atoms with Gasteiger partial charge in [-0.25, -0.2) is 0 Å². The average Bonchev–Trinajstić information content (AvgIpc) is 2.46. The molecule has 1 aromatic rings. The molecule has 110 valence electrons. The maximum atomic E-state index is 8.63. The molecule has 1 atom stereocenters. The lowest BCUT2D eigenvalue weighted by Gasteiger charge is -2.32. The molecule has 1 aromatic carbocycles. The molecule has 6 heteroatoms. The van der Waals surface area contributed by atoms with Gasteiger partial charge in [0.05, 0.1) is 5.02 Å². The summed E-state index contributed by atoms with van der Waals surface area (Å²) in [6.07, 6.45) is 3.65. The average molecular weight is 298 g/mol. The summed E-state index contributed by atoms with van der Waals surface area (Å²) < 4.78 is 5.80. The van der Waals surface area contributed by atoms with Crippen molar-refractivity contribution < 1.29 is 9.94 Å². The van der Waals surface area contributed by atoms with Crippen molar-refractivity contribution in [1.82, 2.24) is 4.90 Å². The van der Waals surface area contributed by atoms with Crippen LogP contribution in [0.15, 0.2) is 23.4 Å². The van der Waals surface area contributed by atoms with E-state index in [0.717, 1.165) is 13.0 Å². The standard InChI is InChI=1S/C14H20ClN3O2/c1-18-7-3-2-4-11(18)9-20-13-6-5-10(8-12(13)15)14(16)17-19/h5-6,8,11,19H,2-4,7,9H2,1H3,(H2,16,17). The number of hydrogen-bond donors (Lipinski definition) is 2. The van der Waals surface area contributed by atoms with Crippen LogP contribution in [0.2, 0.25) is 5.02 Å². The number of benzene rings is 1. The lowest BCUT2D eigenvalue weighted by molar-refractivity contribution is 0.125. The number of halogens is 1. The number of piperidine rings is 1. The first kappa shape index (κ1) is 14.9. The second-order valence-corrected chi connectivity index (χ2v) is 5.48. The van der Waals surface area contributed by atoms with Gasteiger partial charge in [-0.2, -0.15) is 0 Å². The van der Waals surface area contributed by atoms with Gasteiger partial charge < -0.3 is 20.6 Å². The van der Waals surface area contributed by atoms with E-state index in [1.807, 2.05) is 0 Å². The maximum absolute atomic E-state index is 8.63. The quantitative estimate of drug-likeness (QED) is 0.387. The van der Waals surface area contributed by atoms with Crippen molar-refractivity contribution in [1.29, 1.82) is 0 Å². The van der Waals surface area contributed by atoms with Crippen molar-refractivity contribution in [3.63, 3.8) is 0 Å². The molecule has 0 radical (unpaired) electrons. The van der Waals surface area contributed by atoms with Crippen LogP contribution in [0.25, 0.3) is 0 Å². The third kappa shape index (κ3) is 3.55. The van der Waals surface area contributed by atoms with Crippen molar-refractivity contribution in [2.24, 2.45) is 10.9 Å². The van der Waals surface area contributed by atoms with Gasteiger partial charge in [0.15, 0.2) is 5.84 Å². The van der Waals surface area contributed by atoms with Crippen LogP contribution in [0.5, 0.6) is 5.75 Å². The number of nitrogens with zero attached hydrogens (tertiary/aromatic N) is 2. The van der Waals surface area contributed by atoms with Gasteiger partial charge in [0, 0.05) is 11.6 Å². The minimum absolute atomic E-state index is 0.0328. The Morgan fingerprint density at radius 3 is 3.00 bits per heavy atom. The predicted octanol–water partition coefficient (Wildman–Crippen LogP) is 2.30. The Hall–Kier alpha value is -1.46. The van der Waals surface area contributed by atoms with Crippen LogP contribution in [-0.2, 0) is 0 Å². The van der Waals surface area contributed by atoms with Crippen LogP contribution in [0, 0.1) is 0 Å². The summed E-state index contributed by atoms with van der Waals surface area (Å²) in [6, 6.07) is 5.54.